The number of aromatic nitrogens is 3. The van der Waals surface area contributed by atoms with Gasteiger partial charge in [0.05, 0.1) is 16.9 Å². The van der Waals surface area contributed by atoms with Gasteiger partial charge < -0.3 is 16.2 Å². The number of unbranched alkanes of at least 4 members (excludes halogenated alkanes) is 1. The highest BCUT2D eigenvalue weighted by Gasteiger charge is 2.28. The molecule has 0 bridgehead atoms. The number of rotatable bonds is 6. The first kappa shape index (κ1) is 27.6. The van der Waals surface area contributed by atoms with Gasteiger partial charge in [-0.15, -0.1) is 0 Å². The number of nitrogens with one attached hydrogen (secondary N) is 1. The molecule has 2 aromatic carbocycles. The first-order valence-corrected chi connectivity index (χ1v) is 12.8. The maximum absolute atomic E-state index is 12.1. The van der Waals surface area contributed by atoms with Gasteiger partial charge >= 0.3 is 0 Å². The van der Waals surface area contributed by atoms with Crippen LogP contribution in [0, 0.1) is 11.8 Å². The van der Waals surface area contributed by atoms with Crippen molar-refractivity contribution in [2.45, 2.75) is 25.7 Å². The zero-order valence-electron chi connectivity index (χ0n) is 21.4. The van der Waals surface area contributed by atoms with Gasteiger partial charge in [0.1, 0.15) is 5.15 Å². The van der Waals surface area contributed by atoms with Crippen molar-refractivity contribution in [3.63, 3.8) is 0 Å². The maximum Gasteiger partial charge on any atom is 0.269 e. The van der Waals surface area contributed by atoms with E-state index in [1.807, 2.05) is 36.0 Å². The van der Waals surface area contributed by atoms with E-state index in [0.717, 1.165) is 46.6 Å². The van der Waals surface area contributed by atoms with Crippen LogP contribution in [-0.2, 0) is 12.8 Å². The van der Waals surface area contributed by atoms with E-state index in [-0.39, 0.29) is 11.8 Å². The summed E-state index contributed by atoms with van der Waals surface area (Å²) >= 11 is 5.48. The second kappa shape index (κ2) is 12.9. The average Bonchev–Trinajstić information content (AvgIpc) is 3.37. The number of benzene rings is 2. The number of hydrogen-bond donors (Lipinski definition) is 3. The molecule has 0 saturated heterocycles. The lowest BCUT2D eigenvalue weighted by Crippen LogP contribution is -2.15. The molecule has 2 aromatic heterocycles. The molecule has 8 nitrogen and oxygen atoms in total. The number of aldehydes is 1. The Hall–Kier alpha value is -4.45. The van der Waals surface area contributed by atoms with Gasteiger partial charge in [0.25, 0.3) is 5.91 Å². The number of carbonyl (C=O) groups excluding carboxylic acids is 2. The number of nitrogens with two attached hydrogens (primary N) is 1. The van der Waals surface area contributed by atoms with E-state index in [1.54, 1.807) is 12.1 Å². The number of amides is 1. The molecule has 0 fully saturated rings. The Morgan fingerprint density at radius 1 is 1.21 bits per heavy atom. The van der Waals surface area contributed by atoms with Gasteiger partial charge in [0, 0.05) is 48.6 Å². The number of nitrogens with zero attached hydrogens (tertiary/aromatic N) is 3. The fourth-order valence-electron chi connectivity index (χ4n) is 4.28. The van der Waals surface area contributed by atoms with Crippen LogP contribution < -0.4 is 11.1 Å². The third kappa shape index (κ3) is 6.34. The summed E-state index contributed by atoms with van der Waals surface area (Å²) in [5.41, 5.74) is 13.3. The molecule has 4 N–H and O–H groups in total. The lowest BCUT2D eigenvalue weighted by Gasteiger charge is -2.20. The molecule has 0 atom stereocenters. The first-order valence-electron chi connectivity index (χ1n) is 12.5. The summed E-state index contributed by atoms with van der Waals surface area (Å²) < 4.78 is 1.82. The van der Waals surface area contributed by atoms with Gasteiger partial charge in [0.2, 0.25) is 0 Å². The number of hydrogen-bond acceptors (Lipinski definition) is 6. The van der Waals surface area contributed by atoms with Crippen molar-refractivity contribution in [2.75, 3.05) is 19.0 Å². The summed E-state index contributed by atoms with van der Waals surface area (Å²) in [6, 6.07) is 17.3. The van der Waals surface area contributed by atoms with Crippen LogP contribution in [0.1, 0.15) is 50.4 Å². The van der Waals surface area contributed by atoms with E-state index in [0.29, 0.717) is 30.4 Å². The van der Waals surface area contributed by atoms with Crippen molar-refractivity contribution in [3.8, 4) is 28.8 Å². The van der Waals surface area contributed by atoms with Crippen LogP contribution in [0.15, 0.2) is 60.8 Å². The lowest BCUT2D eigenvalue weighted by atomic mass is 9.88. The number of halogens is 1. The molecule has 1 amide bonds. The van der Waals surface area contributed by atoms with Crippen LogP contribution in [-0.4, -0.2) is 45.7 Å². The van der Waals surface area contributed by atoms with Gasteiger partial charge in [-0.1, -0.05) is 29.5 Å². The largest absolute Gasteiger partial charge is 0.396 e. The Morgan fingerprint density at radius 3 is 2.64 bits per heavy atom. The van der Waals surface area contributed by atoms with Crippen LogP contribution in [0.25, 0.3) is 16.9 Å². The second-order valence-corrected chi connectivity index (χ2v) is 9.11. The highest BCUT2D eigenvalue weighted by atomic mass is 35.5. The number of pyridine rings is 1. The van der Waals surface area contributed by atoms with Crippen molar-refractivity contribution in [3.05, 3.63) is 93.9 Å². The fraction of sp³-hybridized carbons (Fsp3) is 0.200. The van der Waals surface area contributed by atoms with Crippen molar-refractivity contribution in [2.24, 2.45) is 5.73 Å². The number of fused-ring (bicyclic) bond motifs is 3. The quantitative estimate of drug-likeness (QED) is 0.143. The Bertz CT molecular complexity index is 1550. The Balaban J connectivity index is 0.000000333. The number of aliphatic hydroxyl groups excluding tert-OH is 1. The lowest BCUT2D eigenvalue weighted by molar-refractivity contribution is 0.0993. The van der Waals surface area contributed by atoms with Crippen LogP contribution in [0.5, 0.6) is 0 Å². The number of anilines is 1. The molecule has 5 rings (SSSR count). The minimum atomic E-state index is -0.510. The smallest absolute Gasteiger partial charge is 0.269 e. The number of carbonyl (C=O) groups is 2. The standard InChI is InChI=1S/C24H24N4O2.C6H4ClNO/c1-26-18-10-8-17-9-13-20-22(24(25)30)27-28(23(20)21(17)15-18)19-11-6-16(7-12-19)5-3-2-4-14-29;7-6-5(4-9)2-1-3-8-6/h6-8,10-12,15,26,29H,2,4,9,13-14H2,1H3,(H2,25,30);1-4H. The molecule has 0 unspecified atom stereocenters. The Labute approximate surface area is 231 Å². The molecule has 198 valence electrons. The molecular formula is C30H28ClN5O3. The summed E-state index contributed by atoms with van der Waals surface area (Å²) in [6.45, 7) is 0.150. The van der Waals surface area contributed by atoms with E-state index in [1.165, 1.54) is 11.8 Å². The highest BCUT2D eigenvalue weighted by Crippen LogP contribution is 2.38. The molecule has 9 heteroatoms. The normalized spacial score (nSPS) is 11.2. The van der Waals surface area contributed by atoms with Crippen LogP contribution >= 0.6 is 11.6 Å². The van der Waals surface area contributed by atoms with E-state index in [2.05, 4.69) is 45.4 Å². The molecule has 0 aliphatic heterocycles. The van der Waals surface area contributed by atoms with Crippen molar-refractivity contribution in [1.82, 2.24) is 14.8 Å². The van der Waals surface area contributed by atoms with Crippen LogP contribution in [0.2, 0.25) is 5.15 Å². The fourth-order valence-corrected chi connectivity index (χ4v) is 4.45. The zero-order chi connectivity index (χ0) is 27.8. The van der Waals surface area contributed by atoms with Crippen LogP contribution in [0.3, 0.4) is 0 Å². The summed E-state index contributed by atoms with van der Waals surface area (Å²) in [6.07, 6.45) is 5.13. The molecule has 4 aromatic rings. The zero-order valence-corrected chi connectivity index (χ0v) is 22.2. The van der Waals surface area contributed by atoms with Gasteiger partial charge in [-0.2, -0.15) is 5.10 Å². The van der Waals surface area contributed by atoms with E-state index in [4.69, 9.17) is 22.4 Å². The summed E-state index contributed by atoms with van der Waals surface area (Å²) in [5, 5.41) is 16.9. The summed E-state index contributed by atoms with van der Waals surface area (Å²) in [4.78, 5) is 25.9. The van der Waals surface area contributed by atoms with E-state index < -0.39 is 5.91 Å². The van der Waals surface area contributed by atoms with Gasteiger partial charge in [-0.3, -0.25) is 9.59 Å². The van der Waals surface area contributed by atoms with Gasteiger partial charge in [-0.25, -0.2) is 9.67 Å². The first-order chi connectivity index (χ1) is 19.0. The molecule has 1 aliphatic carbocycles. The molecule has 2 heterocycles. The third-order valence-corrected chi connectivity index (χ3v) is 6.55. The minimum absolute atomic E-state index is 0.150. The number of aliphatic hydroxyl groups is 1. The molecule has 0 spiro atoms. The van der Waals surface area contributed by atoms with Crippen LogP contribution in [0.4, 0.5) is 5.69 Å². The van der Waals surface area contributed by atoms with E-state index >= 15 is 0 Å². The Morgan fingerprint density at radius 2 is 2.00 bits per heavy atom. The molecular weight excluding hydrogens is 514 g/mol. The minimum Gasteiger partial charge on any atom is -0.396 e. The topological polar surface area (TPSA) is 123 Å². The third-order valence-electron chi connectivity index (χ3n) is 6.23. The summed E-state index contributed by atoms with van der Waals surface area (Å²) in [7, 11) is 1.89. The predicted octanol–water partition coefficient (Wildman–Crippen LogP) is 4.45. The molecule has 0 radical (unpaired) electrons. The van der Waals surface area contributed by atoms with Crippen molar-refractivity contribution >= 4 is 29.5 Å². The van der Waals surface area contributed by atoms with Crippen molar-refractivity contribution < 1.29 is 14.7 Å². The monoisotopic (exact) mass is 541 g/mol. The molecule has 1 aliphatic rings. The Kier molecular flexibility index (Phi) is 9.10. The predicted molar refractivity (Wildman–Crippen MR) is 152 cm³/mol. The number of primary amides is 1. The highest BCUT2D eigenvalue weighted by molar-refractivity contribution is 6.31. The molecule has 39 heavy (non-hydrogen) atoms. The molecule has 0 saturated carbocycles. The number of aryl methyl sites for hydroxylation is 1. The maximum atomic E-state index is 12.1. The van der Waals surface area contributed by atoms with E-state index in [9.17, 15) is 9.59 Å². The van der Waals surface area contributed by atoms with Gasteiger partial charge in [-0.05, 0) is 73.4 Å². The SMILES string of the molecule is CNc1ccc2c(c1)-c1c(c(C(N)=O)nn1-c1ccc(C#CCCCO)cc1)CC2.O=Cc1cccnc1Cl. The second-order valence-electron chi connectivity index (χ2n) is 8.75. The summed E-state index contributed by atoms with van der Waals surface area (Å²) in [5.74, 6) is 5.65. The van der Waals surface area contributed by atoms with Crippen molar-refractivity contribution in [1.29, 1.82) is 0 Å². The van der Waals surface area contributed by atoms with Gasteiger partial charge in [0.15, 0.2) is 12.0 Å². The average molecular weight is 542 g/mol.